The van der Waals surface area contributed by atoms with Gasteiger partial charge in [0.2, 0.25) is 11.9 Å². The number of carbonyl (C=O) groups is 1. The largest absolute Gasteiger partial charge is 0.491 e. The fourth-order valence-electron chi connectivity index (χ4n) is 2.46. The molecule has 0 aliphatic heterocycles. The number of hydrogen-bond donors (Lipinski definition) is 3. The van der Waals surface area contributed by atoms with Crippen LogP contribution < -0.4 is 20.7 Å². The van der Waals surface area contributed by atoms with Crippen molar-refractivity contribution in [3.8, 4) is 5.75 Å². The molecule has 2 aromatic carbocycles. The number of nitrogens with zero attached hydrogens (tertiary/aromatic N) is 3. The van der Waals surface area contributed by atoms with Crippen molar-refractivity contribution in [2.45, 2.75) is 26.9 Å². The molecule has 0 bridgehead atoms. The lowest BCUT2D eigenvalue weighted by Crippen LogP contribution is -2.06. The summed E-state index contributed by atoms with van der Waals surface area (Å²) in [7, 11) is 0. The molecule has 0 fully saturated rings. The molecule has 0 unspecified atom stereocenters. The molecule has 0 spiro atoms. The molecule has 1 aromatic heterocycles. The first-order valence-electron chi connectivity index (χ1n) is 8.86. The lowest BCUT2D eigenvalue weighted by Gasteiger charge is -2.11. The third kappa shape index (κ3) is 5.66. The van der Waals surface area contributed by atoms with E-state index in [4.69, 9.17) is 4.74 Å². The Morgan fingerprint density at radius 3 is 2.46 bits per heavy atom. The predicted molar refractivity (Wildman–Crippen MR) is 109 cm³/mol. The quantitative estimate of drug-likeness (QED) is 0.569. The van der Waals surface area contributed by atoms with E-state index < -0.39 is 0 Å². The topological polar surface area (TPSA) is 101 Å². The van der Waals surface area contributed by atoms with Crippen molar-refractivity contribution in [2.24, 2.45) is 0 Å². The smallest absolute Gasteiger partial charge is 0.249 e. The van der Waals surface area contributed by atoms with E-state index in [-0.39, 0.29) is 12.0 Å². The lowest BCUT2D eigenvalue weighted by atomic mass is 10.3. The zero-order valence-electron chi connectivity index (χ0n) is 15.9. The van der Waals surface area contributed by atoms with Crippen LogP contribution in [0.25, 0.3) is 0 Å². The third-order valence-corrected chi connectivity index (χ3v) is 3.50. The number of carbonyl (C=O) groups excluding carboxylic acids is 1. The highest BCUT2D eigenvalue weighted by atomic mass is 16.5. The van der Waals surface area contributed by atoms with E-state index in [1.54, 1.807) is 12.1 Å². The number of amides is 1. The molecule has 0 radical (unpaired) electrons. The second-order valence-corrected chi connectivity index (χ2v) is 6.37. The van der Waals surface area contributed by atoms with Gasteiger partial charge in [0.25, 0.3) is 0 Å². The standard InChI is InChI=1S/C20H22N6O2/c1-13(2)28-18-9-7-15(8-10-18)23-19-12-21-26-20(25-19)24-17-6-4-5-16(11-17)22-14(3)27/h4-13H,1-3H3,(H,22,27)(H2,23,24,25,26). The summed E-state index contributed by atoms with van der Waals surface area (Å²) in [6.07, 6.45) is 1.67. The number of nitrogens with one attached hydrogen (secondary N) is 3. The minimum Gasteiger partial charge on any atom is -0.491 e. The van der Waals surface area contributed by atoms with Gasteiger partial charge in [0, 0.05) is 24.0 Å². The van der Waals surface area contributed by atoms with Crippen molar-refractivity contribution < 1.29 is 9.53 Å². The van der Waals surface area contributed by atoms with Gasteiger partial charge in [-0.1, -0.05) is 6.07 Å². The molecule has 0 aliphatic rings. The van der Waals surface area contributed by atoms with Crippen LogP contribution in [0.15, 0.2) is 54.7 Å². The van der Waals surface area contributed by atoms with E-state index in [2.05, 4.69) is 31.1 Å². The highest BCUT2D eigenvalue weighted by Crippen LogP contribution is 2.21. The van der Waals surface area contributed by atoms with Gasteiger partial charge in [-0.2, -0.15) is 10.1 Å². The number of hydrogen-bond acceptors (Lipinski definition) is 7. The van der Waals surface area contributed by atoms with Gasteiger partial charge in [-0.3, -0.25) is 4.79 Å². The zero-order chi connectivity index (χ0) is 19.9. The highest BCUT2D eigenvalue weighted by molar-refractivity contribution is 5.89. The maximum atomic E-state index is 11.2. The van der Waals surface area contributed by atoms with Gasteiger partial charge in [-0.25, -0.2) is 0 Å². The summed E-state index contributed by atoms with van der Waals surface area (Å²) in [6.45, 7) is 5.43. The second kappa shape index (κ2) is 8.81. The van der Waals surface area contributed by atoms with Crippen molar-refractivity contribution in [3.63, 3.8) is 0 Å². The van der Waals surface area contributed by atoms with E-state index >= 15 is 0 Å². The van der Waals surface area contributed by atoms with Crippen LogP contribution >= 0.6 is 0 Å². The van der Waals surface area contributed by atoms with Crippen LogP contribution in [0.5, 0.6) is 5.75 Å². The molecule has 144 valence electrons. The van der Waals surface area contributed by atoms with E-state index in [0.29, 0.717) is 17.5 Å². The Morgan fingerprint density at radius 2 is 1.75 bits per heavy atom. The van der Waals surface area contributed by atoms with Crippen LogP contribution in [0.4, 0.5) is 28.8 Å². The average Bonchev–Trinajstić information content (AvgIpc) is 2.63. The molecule has 28 heavy (non-hydrogen) atoms. The highest BCUT2D eigenvalue weighted by Gasteiger charge is 2.04. The summed E-state index contributed by atoms with van der Waals surface area (Å²) in [5.74, 6) is 1.56. The Hall–Kier alpha value is -3.68. The Balaban J connectivity index is 1.68. The van der Waals surface area contributed by atoms with Gasteiger partial charge in [0.15, 0.2) is 5.82 Å². The van der Waals surface area contributed by atoms with Gasteiger partial charge < -0.3 is 20.7 Å². The van der Waals surface area contributed by atoms with Crippen LogP contribution in [0.2, 0.25) is 0 Å². The predicted octanol–water partition coefficient (Wildman–Crippen LogP) is 4.10. The molecular weight excluding hydrogens is 356 g/mol. The summed E-state index contributed by atoms with van der Waals surface area (Å²) in [5, 5.41) is 17.0. The number of benzene rings is 2. The first-order chi connectivity index (χ1) is 13.5. The Labute approximate surface area is 163 Å². The first kappa shape index (κ1) is 19.1. The first-order valence-corrected chi connectivity index (χ1v) is 8.86. The lowest BCUT2D eigenvalue weighted by molar-refractivity contribution is -0.114. The van der Waals surface area contributed by atoms with Crippen molar-refractivity contribution in [2.75, 3.05) is 16.0 Å². The molecule has 8 heteroatoms. The Morgan fingerprint density at radius 1 is 1.00 bits per heavy atom. The second-order valence-electron chi connectivity index (χ2n) is 6.37. The van der Waals surface area contributed by atoms with Gasteiger partial charge in [0.05, 0.1) is 12.3 Å². The molecule has 3 aromatic rings. The van der Waals surface area contributed by atoms with Crippen molar-refractivity contribution in [1.29, 1.82) is 0 Å². The van der Waals surface area contributed by atoms with Crippen LogP contribution in [-0.2, 0) is 4.79 Å². The van der Waals surface area contributed by atoms with Crippen molar-refractivity contribution in [1.82, 2.24) is 15.2 Å². The van der Waals surface area contributed by atoms with E-state index in [1.807, 2.05) is 50.2 Å². The molecular formula is C20H22N6O2. The fraction of sp³-hybridized carbons (Fsp3) is 0.200. The Bertz CT molecular complexity index is 943. The molecule has 0 aliphatic carbocycles. The van der Waals surface area contributed by atoms with Gasteiger partial charge in [-0.05, 0) is 56.3 Å². The summed E-state index contributed by atoms with van der Waals surface area (Å²) in [5.41, 5.74) is 2.28. The Kier molecular flexibility index (Phi) is 6.01. The van der Waals surface area contributed by atoms with Crippen LogP contribution in [0, 0.1) is 0 Å². The van der Waals surface area contributed by atoms with Crippen molar-refractivity contribution >= 4 is 34.7 Å². The molecule has 1 amide bonds. The molecule has 8 nitrogen and oxygen atoms in total. The van der Waals surface area contributed by atoms with E-state index in [1.165, 1.54) is 13.1 Å². The fourth-order valence-corrected chi connectivity index (χ4v) is 2.46. The minimum atomic E-state index is -0.133. The van der Waals surface area contributed by atoms with E-state index in [9.17, 15) is 4.79 Å². The third-order valence-electron chi connectivity index (χ3n) is 3.50. The molecule has 3 N–H and O–H groups in total. The van der Waals surface area contributed by atoms with Crippen LogP contribution in [-0.4, -0.2) is 27.2 Å². The maximum absolute atomic E-state index is 11.2. The van der Waals surface area contributed by atoms with Gasteiger partial charge >= 0.3 is 0 Å². The van der Waals surface area contributed by atoms with Crippen molar-refractivity contribution in [3.05, 3.63) is 54.7 Å². The normalized spacial score (nSPS) is 10.4. The number of aromatic nitrogens is 3. The van der Waals surface area contributed by atoms with Crippen LogP contribution in [0.1, 0.15) is 20.8 Å². The minimum absolute atomic E-state index is 0.127. The average molecular weight is 378 g/mol. The molecule has 1 heterocycles. The van der Waals surface area contributed by atoms with E-state index in [0.717, 1.165) is 17.1 Å². The summed E-state index contributed by atoms with van der Waals surface area (Å²) >= 11 is 0. The summed E-state index contributed by atoms with van der Waals surface area (Å²) in [4.78, 5) is 15.6. The number of ether oxygens (including phenoxy) is 1. The van der Waals surface area contributed by atoms with Gasteiger partial charge in [0.1, 0.15) is 5.75 Å². The molecule has 0 saturated heterocycles. The van der Waals surface area contributed by atoms with Gasteiger partial charge in [-0.15, -0.1) is 5.10 Å². The van der Waals surface area contributed by atoms with Crippen LogP contribution in [0.3, 0.4) is 0 Å². The molecule has 0 saturated carbocycles. The SMILES string of the molecule is CC(=O)Nc1cccc(Nc2nncc(Nc3ccc(OC(C)C)cc3)n2)c1. The molecule has 0 atom stereocenters. The maximum Gasteiger partial charge on any atom is 0.249 e. The molecule has 3 rings (SSSR count). The monoisotopic (exact) mass is 378 g/mol. The summed E-state index contributed by atoms with van der Waals surface area (Å²) < 4.78 is 5.64. The summed E-state index contributed by atoms with van der Waals surface area (Å²) in [6, 6.07) is 14.9. The number of anilines is 5. The number of rotatable bonds is 7. The zero-order valence-corrected chi connectivity index (χ0v) is 15.9.